The maximum Gasteiger partial charge on any atom is 0.0589 e. The van der Waals surface area contributed by atoms with E-state index in [1.165, 1.54) is 30.4 Å². The second-order valence-corrected chi connectivity index (χ2v) is 6.01. The van der Waals surface area contributed by atoms with Crippen LogP contribution in [-0.2, 0) is 17.8 Å². The van der Waals surface area contributed by atoms with Crippen molar-refractivity contribution in [1.82, 2.24) is 4.90 Å². The molecule has 2 unspecified atom stereocenters. The zero-order valence-corrected chi connectivity index (χ0v) is 11.8. The summed E-state index contributed by atoms with van der Waals surface area (Å²) in [6, 6.07) is 8.76. The normalized spacial score (nSPS) is 31.4. The number of hydrogen-bond donors (Lipinski definition) is 1. The Balaban J connectivity index is 1.80. The summed E-state index contributed by atoms with van der Waals surface area (Å²) in [7, 11) is 1.83. The second kappa shape index (κ2) is 5.23. The van der Waals surface area contributed by atoms with Crippen LogP contribution in [0.3, 0.4) is 0 Å². The zero-order chi connectivity index (χ0) is 13.3. The Bertz CT molecular complexity index is 423. The molecule has 2 atom stereocenters. The van der Waals surface area contributed by atoms with Crippen LogP contribution in [0.1, 0.15) is 36.8 Å². The molecule has 104 valence electrons. The molecule has 2 N–H and O–H groups in total. The molecule has 1 aromatic rings. The molecule has 0 spiro atoms. The first kappa shape index (κ1) is 13.1. The highest BCUT2D eigenvalue weighted by Gasteiger charge is 2.42. The lowest BCUT2D eigenvalue weighted by atomic mass is 9.78. The van der Waals surface area contributed by atoms with Crippen LogP contribution < -0.4 is 5.73 Å². The van der Waals surface area contributed by atoms with Gasteiger partial charge in [0.15, 0.2) is 0 Å². The summed E-state index contributed by atoms with van der Waals surface area (Å²) < 4.78 is 5.60. The summed E-state index contributed by atoms with van der Waals surface area (Å²) in [5, 5.41) is 0. The van der Waals surface area contributed by atoms with Crippen molar-refractivity contribution in [2.24, 2.45) is 5.73 Å². The lowest BCUT2D eigenvalue weighted by molar-refractivity contribution is -0.0244. The van der Waals surface area contributed by atoms with E-state index in [4.69, 9.17) is 10.5 Å². The predicted octanol–water partition coefficient (Wildman–Crippen LogP) is 2.29. The van der Waals surface area contributed by atoms with Gasteiger partial charge in [-0.3, -0.25) is 4.90 Å². The van der Waals surface area contributed by atoms with E-state index in [2.05, 4.69) is 29.2 Å². The Hall–Kier alpha value is -0.900. The minimum Gasteiger partial charge on any atom is -0.381 e. The maximum absolute atomic E-state index is 6.17. The number of hydrogen-bond acceptors (Lipinski definition) is 3. The van der Waals surface area contributed by atoms with Crippen LogP contribution in [0, 0.1) is 0 Å². The number of benzene rings is 1. The minimum absolute atomic E-state index is 0.137. The highest BCUT2D eigenvalue weighted by atomic mass is 16.5. The van der Waals surface area contributed by atoms with Crippen LogP contribution in [0.25, 0.3) is 0 Å². The third-order valence-electron chi connectivity index (χ3n) is 5.00. The van der Waals surface area contributed by atoms with E-state index >= 15 is 0 Å². The van der Waals surface area contributed by atoms with Crippen LogP contribution >= 0.6 is 0 Å². The van der Waals surface area contributed by atoms with E-state index in [0.29, 0.717) is 6.10 Å². The van der Waals surface area contributed by atoms with Crippen LogP contribution in [0.2, 0.25) is 0 Å². The molecule has 0 amide bonds. The molecule has 19 heavy (non-hydrogen) atoms. The number of nitrogens with zero attached hydrogens (tertiary/aromatic N) is 1. The second-order valence-electron chi connectivity index (χ2n) is 6.01. The highest BCUT2D eigenvalue weighted by molar-refractivity contribution is 5.31. The van der Waals surface area contributed by atoms with E-state index in [0.717, 1.165) is 26.1 Å². The summed E-state index contributed by atoms with van der Waals surface area (Å²) in [5.74, 6) is 0. The molecule has 1 fully saturated rings. The van der Waals surface area contributed by atoms with Crippen LogP contribution in [0.15, 0.2) is 24.3 Å². The summed E-state index contributed by atoms with van der Waals surface area (Å²) in [4.78, 5) is 2.59. The van der Waals surface area contributed by atoms with E-state index in [-0.39, 0.29) is 5.54 Å². The molecule has 0 saturated heterocycles. The Kier molecular flexibility index (Phi) is 3.61. The van der Waals surface area contributed by atoms with Gasteiger partial charge in [0.05, 0.1) is 6.10 Å². The van der Waals surface area contributed by atoms with Crippen molar-refractivity contribution in [3.8, 4) is 0 Å². The molecule has 1 heterocycles. The number of rotatable bonds is 3. The molecule has 3 nitrogen and oxygen atoms in total. The first-order chi connectivity index (χ1) is 9.27. The molecule has 1 saturated carbocycles. The van der Waals surface area contributed by atoms with Gasteiger partial charge in [-0.05, 0) is 36.8 Å². The number of nitrogens with two attached hydrogens (primary N) is 1. The molecular formula is C16H24N2O. The zero-order valence-electron chi connectivity index (χ0n) is 11.8. The molecule has 0 bridgehead atoms. The smallest absolute Gasteiger partial charge is 0.0589 e. The first-order valence-electron chi connectivity index (χ1n) is 7.32. The third kappa shape index (κ3) is 2.31. The Morgan fingerprint density at radius 3 is 2.58 bits per heavy atom. The largest absolute Gasteiger partial charge is 0.381 e. The lowest BCUT2D eigenvalue weighted by Crippen LogP contribution is -2.55. The van der Waals surface area contributed by atoms with Crippen molar-refractivity contribution >= 4 is 0 Å². The van der Waals surface area contributed by atoms with Gasteiger partial charge in [0.2, 0.25) is 0 Å². The SMILES string of the molecule is COC1CCCC(CN)(N2Cc3ccccc3C2)C1. The molecule has 3 heteroatoms. The van der Waals surface area contributed by atoms with Crippen LogP contribution in [0.5, 0.6) is 0 Å². The van der Waals surface area contributed by atoms with Crippen molar-refractivity contribution in [3.63, 3.8) is 0 Å². The molecule has 1 aromatic carbocycles. The van der Waals surface area contributed by atoms with Crippen LogP contribution in [0.4, 0.5) is 0 Å². The van der Waals surface area contributed by atoms with Crippen molar-refractivity contribution in [2.75, 3.05) is 13.7 Å². The molecule has 3 rings (SSSR count). The number of ether oxygens (including phenoxy) is 1. The Morgan fingerprint density at radius 2 is 2.00 bits per heavy atom. The van der Waals surface area contributed by atoms with Gasteiger partial charge in [0.1, 0.15) is 0 Å². The van der Waals surface area contributed by atoms with Gasteiger partial charge < -0.3 is 10.5 Å². The van der Waals surface area contributed by atoms with Crippen molar-refractivity contribution in [3.05, 3.63) is 35.4 Å². The van der Waals surface area contributed by atoms with E-state index < -0.39 is 0 Å². The average molecular weight is 260 g/mol. The number of methoxy groups -OCH3 is 1. The van der Waals surface area contributed by atoms with Gasteiger partial charge in [0.25, 0.3) is 0 Å². The van der Waals surface area contributed by atoms with E-state index in [1.54, 1.807) is 0 Å². The topological polar surface area (TPSA) is 38.5 Å². The van der Waals surface area contributed by atoms with Crippen molar-refractivity contribution in [2.45, 2.75) is 50.4 Å². The highest BCUT2D eigenvalue weighted by Crippen LogP contribution is 2.39. The molecular weight excluding hydrogens is 236 g/mol. The first-order valence-corrected chi connectivity index (χ1v) is 7.32. The van der Waals surface area contributed by atoms with Crippen LogP contribution in [-0.4, -0.2) is 30.2 Å². The summed E-state index contributed by atoms with van der Waals surface area (Å²) in [6.07, 6.45) is 5.06. The van der Waals surface area contributed by atoms with E-state index in [1.807, 2.05) is 7.11 Å². The molecule has 0 radical (unpaired) electrons. The summed E-state index contributed by atoms with van der Waals surface area (Å²) >= 11 is 0. The van der Waals surface area contributed by atoms with Gasteiger partial charge in [-0.1, -0.05) is 24.3 Å². The Labute approximate surface area is 115 Å². The molecule has 1 aliphatic carbocycles. The van der Waals surface area contributed by atoms with Gasteiger partial charge in [-0.2, -0.15) is 0 Å². The fraction of sp³-hybridized carbons (Fsp3) is 0.625. The summed E-state index contributed by atoms with van der Waals surface area (Å²) in [6.45, 7) is 2.83. The van der Waals surface area contributed by atoms with Gasteiger partial charge in [-0.15, -0.1) is 0 Å². The fourth-order valence-corrected chi connectivity index (χ4v) is 3.76. The van der Waals surface area contributed by atoms with Crippen molar-refractivity contribution in [1.29, 1.82) is 0 Å². The standard InChI is InChI=1S/C16H24N2O/c1-19-15-7-4-8-16(9-15,12-17)18-10-13-5-2-3-6-14(13)11-18/h2-3,5-6,15H,4,7-12,17H2,1H3. The molecule has 0 aromatic heterocycles. The van der Waals surface area contributed by atoms with Crippen molar-refractivity contribution < 1.29 is 4.74 Å². The lowest BCUT2D eigenvalue weighted by Gasteiger charge is -2.46. The van der Waals surface area contributed by atoms with Gasteiger partial charge >= 0.3 is 0 Å². The number of fused-ring (bicyclic) bond motifs is 1. The quantitative estimate of drug-likeness (QED) is 0.906. The predicted molar refractivity (Wildman–Crippen MR) is 76.7 cm³/mol. The third-order valence-corrected chi connectivity index (χ3v) is 5.00. The van der Waals surface area contributed by atoms with Gasteiger partial charge in [-0.25, -0.2) is 0 Å². The molecule has 2 aliphatic rings. The summed E-state index contributed by atoms with van der Waals surface area (Å²) in [5.41, 5.74) is 9.24. The molecule has 1 aliphatic heterocycles. The van der Waals surface area contributed by atoms with Gasteiger partial charge in [0, 0.05) is 32.3 Å². The average Bonchev–Trinajstić information content (AvgIpc) is 2.91. The maximum atomic E-state index is 6.17. The Morgan fingerprint density at radius 1 is 1.32 bits per heavy atom. The fourth-order valence-electron chi connectivity index (χ4n) is 3.76. The van der Waals surface area contributed by atoms with E-state index in [9.17, 15) is 0 Å². The minimum atomic E-state index is 0.137. The monoisotopic (exact) mass is 260 g/mol.